The van der Waals surface area contributed by atoms with Crippen LogP contribution in [0, 0.1) is 0 Å². The summed E-state index contributed by atoms with van der Waals surface area (Å²) in [6.07, 6.45) is 0. The molecule has 0 radical (unpaired) electrons. The first-order chi connectivity index (χ1) is 6.88. The van der Waals surface area contributed by atoms with Gasteiger partial charge in [-0.2, -0.15) is 0 Å². The molecule has 0 aliphatic carbocycles. The smallest absolute Gasteiger partial charge is 0.354 e. The van der Waals surface area contributed by atoms with Crippen LogP contribution in [0.2, 0.25) is 0 Å². The molecule has 0 amide bonds. The maximum atomic E-state index is 10.6. The summed E-state index contributed by atoms with van der Waals surface area (Å²) in [7, 11) is 0. The Kier molecular flexibility index (Phi) is 3.26. The van der Waals surface area contributed by atoms with E-state index in [1.165, 1.54) is 6.07 Å². The van der Waals surface area contributed by atoms with Crippen molar-refractivity contribution >= 4 is 5.97 Å². The molecule has 0 aliphatic rings. The second kappa shape index (κ2) is 4.27. The number of rotatable bonds is 4. The molecule has 1 aromatic rings. The number of aromatic nitrogens is 1. The van der Waals surface area contributed by atoms with Gasteiger partial charge in [-0.15, -0.1) is 0 Å². The number of aromatic carboxylic acids is 1. The summed E-state index contributed by atoms with van der Waals surface area (Å²) >= 11 is 0. The summed E-state index contributed by atoms with van der Waals surface area (Å²) < 4.78 is 5.26. The number of carboxylic acid groups (broad SMARTS) is 1. The molecule has 0 saturated heterocycles. The molecular formula is C10H14N2O3. The van der Waals surface area contributed by atoms with E-state index in [0.29, 0.717) is 0 Å². The quantitative estimate of drug-likeness (QED) is 0.771. The molecule has 5 nitrogen and oxygen atoms in total. The zero-order valence-electron chi connectivity index (χ0n) is 8.73. The van der Waals surface area contributed by atoms with Crippen LogP contribution >= 0.6 is 0 Å². The molecule has 0 unspecified atom stereocenters. The third-order valence-corrected chi connectivity index (χ3v) is 1.53. The lowest BCUT2D eigenvalue weighted by molar-refractivity contribution is 0.0689. The highest BCUT2D eigenvalue weighted by atomic mass is 16.5. The molecule has 0 fully saturated rings. The molecule has 1 rings (SSSR count). The van der Waals surface area contributed by atoms with Crippen LogP contribution in [0.25, 0.3) is 0 Å². The van der Waals surface area contributed by atoms with Crippen molar-refractivity contribution in [1.29, 1.82) is 0 Å². The third kappa shape index (κ3) is 3.95. The van der Waals surface area contributed by atoms with E-state index in [2.05, 4.69) is 4.98 Å². The molecule has 0 spiro atoms. The van der Waals surface area contributed by atoms with Crippen molar-refractivity contribution in [3.8, 4) is 5.88 Å². The van der Waals surface area contributed by atoms with Gasteiger partial charge in [-0.1, -0.05) is 6.07 Å². The number of pyridine rings is 1. The lowest BCUT2D eigenvalue weighted by Gasteiger charge is -2.18. The van der Waals surface area contributed by atoms with Gasteiger partial charge in [0.2, 0.25) is 5.88 Å². The summed E-state index contributed by atoms with van der Waals surface area (Å²) in [5.74, 6) is -0.805. The minimum Gasteiger partial charge on any atom is -0.477 e. The number of carbonyl (C=O) groups is 1. The van der Waals surface area contributed by atoms with Crippen molar-refractivity contribution in [3.63, 3.8) is 0 Å². The standard InChI is InChI=1S/C10H14N2O3/c1-10(2,11)6-15-8-5-3-4-7(12-8)9(13)14/h3-5H,6,11H2,1-2H3,(H,13,14). The molecule has 1 aromatic heterocycles. The molecule has 3 N–H and O–H groups in total. The first kappa shape index (κ1) is 11.5. The molecule has 1 heterocycles. The summed E-state index contributed by atoms with van der Waals surface area (Å²) in [6.45, 7) is 3.91. The normalized spacial score (nSPS) is 11.1. The van der Waals surface area contributed by atoms with Gasteiger partial charge in [-0.25, -0.2) is 9.78 Å². The Morgan fingerprint density at radius 1 is 1.60 bits per heavy atom. The van der Waals surface area contributed by atoms with E-state index in [4.69, 9.17) is 15.6 Å². The van der Waals surface area contributed by atoms with E-state index in [-0.39, 0.29) is 18.2 Å². The van der Waals surface area contributed by atoms with Crippen LogP contribution in [0.5, 0.6) is 5.88 Å². The molecule has 0 atom stereocenters. The Bertz CT molecular complexity index is 358. The van der Waals surface area contributed by atoms with Crippen molar-refractivity contribution in [1.82, 2.24) is 4.98 Å². The fourth-order valence-electron chi connectivity index (χ4n) is 0.874. The molecular weight excluding hydrogens is 196 g/mol. The van der Waals surface area contributed by atoms with Gasteiger partial charge >= 0.3 is 5.97 Å². The zero-order chi connectivity index (χ0) is 11.5. The molecule has 0 aromatic carbocycles. The van der Waals surface area contributed by atoms with E-state index in [0.717, 1.165) is 0 Å². The van der Waals surface area contributed by atoms with Crippen LogP contribution in [-0.2, 0) is 0 Å². The van der Waals surface area contributed by atoms with E-state index in [9.17, 15) is 4.79 Å². The Hall–Kier alpha value is -1.62. The predicted molar refractivity (Wildman–Crippen MR) is 55.0 cm³/mol. The number of hydrogen-bond donors (Lipinski definition) is 2. The van der Waals surface area contributed by atoms with Gasteiger partial charge in [-0.3, -0.25) is 0 Å². The number of nitrogens with zero attached hydrogens (tertiary/aromatic N) is 1. The van der Waals surface area contributed by atoms with Gasteiger partial charge in [0.15, 0.2) is 5.69 Å². The largest absolute Gasteiger partial charge is 0.477 e. The van der Waals surface area contributed by atoms with Crippen molar-refractivity contribution in [2.75, 3.05) is 6.61 Å². The van der Waals surface area contributed by atoms with Crippen LogP contribution in [0.15, 0.2) is 18.2 Å². The summed E-state index contributed by atoms with van der Waals surface area (Å²) in [4.78, 5) is 14.4. The van der Waals surface area contributed by atoms with Crippen LogP contribution in [0.1, 0.15) is 24.3 Å². The van der Waals surface area contributed by atoms with Crippen molar-refractivity contribution in [2.24, 2.45) is 5.73 Å². The first-order valence-electron chi connectivity index (χ1n) is 4.50. The maximum Gasteiger partial charge on any atom is 0.354 e. The number of hydrogen-bond acceptors (Lipinski definition) is 4. The van der Waals surface area contributed by atoms with Crippen LogP contribution in [0.3, 0.4) is 0 Å². The number of nitrogens with two attached hydrogens (primary N) is 1. The van der Waals surface area contributed by atoms with Crippen LogP contribution in [0.4, 0.5) is 0 Å². The predicted octanol–water partition coefficient (Wildman–Crippen LogP) is 0.896. The SMILES string of the molecule is CC(C)(N)COc1cccc(C(=O)O)n1. The van der Waals surface area contributed by atoms with E-state index in [1.807, 2.05) is 13.8 Å². The molecule has 5 heteroatoms. The maximum absolute atomic E-state index is 10.6. The topological polar surface area (TPSA) is 85.4 Å². The minimum atomic E-state index is -1.08. The second-order valence-electron chi connectivity index (χ2n) is 3.94. The Balaban J connectivity index is 2.70. The highest BCUT2D eigenvalue weighted by molar-refractivity contribution is 5.85. The molecule has 0 bridgehead atoms. The van der Waals surface area contributed by atoms with Gasteiger partial charge in [0.25, 0.3) is 0 Å². The Morgan fingerprint density at radius 2 is 2.27 bits per heavy atom. The molecule has 82 valence electrons. The van der Waals surface area contributed by atoms with Gasteiger partial charge in [0, 0.05) is 11.6 Å². The van der Waals surface area contributed by atoms with Gasteiger partial charge in [-0.05, 0) is 19.9 Å². The number of ether oxygens (including phenoxy) is 1. The third-order valence-electron chi connectivity index (χ3n) is 1.53. The minimum absolute atomic E-state index is 0.0395. The molecule has 0 aliphatic heterocycles. The molecule has 0 saturated carbocycles. The highest BCUT2D eigenvalue weighted by Gasteiger charge is 2.12. The van der Waals surface area contributed by atoms with E-state index in [1.54, 1.807) is 12.1 Å². The van der Waals surface area contributed by atoms with Crippen molar-refractivity contribution in [3.05, 3.63) is 23.9 Å². The van der Waals surface area contributed by atoms with Crippen molar-refractivity contribution < 1.29 is 14.6 Å². The van der Waals surface area contributed by atoms with Crippen LogP contribution in [-0.4, -0.2) is 28.2 Å². The average molecular weight is 210 g/mol. The van der Waals surface area contributed by atoms with Crippen LogP contribution < -0.4 is 10.5 Å². The summed E-state index contributed by atoms with van der Waals surface area (Å²) in [5, 5.41) is 8.69. The fraction of sp³-hybridized carbons (Fsp3) is 0.400. The number of carboxylic acids is 1. The highest BCUT2D eigenvalue weighted by Crippen LogP contribution is 2.09. The first-order valence-corrected chi connectivity index (χ1v) is 4.50. The van der Waals surface area contributed by atoms with E-state index < -0.39 is 11.5 Å². The van der Waals surface area contributed by atoms with Crippen molar-refractivity contribution in [2.45, 2.75) is 19.4 Å². The second-order valence-corrected chi connectivity index (χ2v) is 3.94. The lowest BCUT2D eigenvalue weighted by atomic mass is 10.1. The van der Waals surface area contributed by atoms with Gasteiger partial charge in [0.1, 0.15) is 6.61 Å². The average Bonchev–Trinajstić information content (AvgIpc) is 2.14. The summed E-state index contributed by atoms with van der Waals surface area (Å²) in [6, 6.07) is 4.58. The van der Waals surface area contributed by atoms with Gasteiger partial charge in [0.05, 0.1) is 0 Å². The summed E-state index contributed by atoms with van der Waals surface area (Å²) in [5.41, 5.74) is 5.20. The lowest BCUT2D eigenvalue weighted by Crippen LogP contribution is -2.38. The van der Waals surface area contributed by atoms with E-state index >= 15 is 0 Å². The fourth-order valence-corrected chi connectivity index (χ4v) is 0.874. The monoisotopic (exact) mass is 210 g/mol. The molecule has 15 heavy (non-hydrogen) atoms. The zero-order valence-corrected chi connectivity index (χ0v) is 8.73. The Labute approximate surface area is 87.9 Å². The van der Waals surface area contributed by atoms with Gasteiger partial charge < -0.3 is 15.6 Å². The Morgan fingerprint density at radius 3 is 2.80 bits per heavy atom.